The lowest BCUT2D eigenvalue weighted by Gasteiger charge is -2.17. The summed E-state index contributed by atoms with van der Waals surface area (Å²) < 4.78 is 6.72. The second-order valence-electron chi connectivity index (χ2n) is 11.4. The van der Waals surface area contributed by atoms with Crippen LogP contribution in [-0.4, -0.2) is 58.2 Å². The van der Waals surface area contributed by atoms with Crippen LogP contribution in [0.15, 0.2) is 103 Å². The van der Waals surface area contributed by atoms with Gasteiger partial charge in [0.15, 0.2) is 0 Å². The number of nitrogens with zero attached hydrogens (tertiary/aromatic N) is 4. The number of pyridine rings is 1. The van der Waals surface area contributed by atoms with Gasteiger partial charge >= 0.3 is 5.97 Å². The van der Waals surface area contributed by atoms with Gasteiger partial charge in [-0.05, 0) is 79.2 Å². The summed E-state index contributed by atoms with van der Waals surface area (Å²) in [7, 11) is 5.31. The number of carbonyl (C=O) groups excluding carboxylic acids is 3. The molecule has 2 aromatic heterocycles. The largest absolute Gasteiger partial charge is 0.465 e. The van der Waals surface area contributed by atoms with Crippen LogP contribution in [0.1, 0.15) is 42.2 Å². The number of esters is 1. The van der Waals surface area contributed by atoms with Gasteiger partial charge in [-0.25, -0.2) is 4.79 Å². The smallest absolute Gasteiger partial charge is 0.337 e. The van der Waals surface area contributed by atoms with E-state index in [0.717, 1.165) is 46.9 Å². The average molecular weight is 627 g/mol. The first-order chi connectivity index (χ1) is 22.8. The van der Waals surface area contributed by atoms with Gasteiger partial charge in [0, 0.05) is 42.8 Å². The molecule has 2 heterocycles. The second-order valence-corrected chi connectivity index (χ2v) is 11.4. The van der Waals surface area contributed by atoms with Crippen LogP contribution in [-0.2, 0) is 24.8 Å². The number of rotatable bonds is 10. The van der Waals surface area contributed by atoms with E-state index < -0.39 is 17.8 Å². The highest BCUT2D eigenvalue weighted by Crippen LogP contribution is 2.23. The topological polar surface area (TPSA) is 118 Å². The molecule has 0 aliphatic carbocycles. The van der Waals surface area contributed by atoms with Crippen LogP contribution in [0.3, 0.4) is 0 Å². The van der Waals surface area contributed by atoms with Crippen molar-refractivity contribution in [2.45, 2.75) is 13.0 Å². The number of aryl methyl sites for hydroxylation is 1. The molecule has 47 heavy (non-hydrogen) atoms. The molecule has 0 unspecified atom stereocenters. The third-order valence-corrected chi connectivity index (χ3v) is 8.04. The van der Waals surface area contributed by atoms with Crippen molar-refractivity contribution >= 4 is 51.0 Å². The van der Waals surface area contributed by atoms with Crippen LogP contribution in [0.4, 0.5) is 11.4 Å². The highest BCUT2D eigenvalue weighted by atomic mass is 16.5. The quantitative estimate of drug-likeness (QED) is 0.177. The number of anilines is 2. The molecule has 0 saturated heterocycles. The molecule has 0 radical (unpaired) electrons. The number of fused-ring (bicyclic) bond motifs is 2. The van der Waals surface area contributed by atoms with Crippen molar-refractivity contribution in [2.24, 2.45) is 7.05 Å². The minimum absolute atomic E-state index is 0.172. The Kier molecular flexibility index (Phi) is 9.03. The molecule has 0 bridgehead atoms. The van der Waals surface area contributed by atoms with E-state index in [2.05, 4.69) is 50.9 Å². The summed E-state index contributed by atoms with van der Waals surface area (Å²) in [5.74, 6) is -1.49. The van der Waals surface area contributed by atoms with E-state index in [0.29, 0.717) is 11.3 Å². The Hall–Kier alpha value is -5.87. The van der Waals surface area contributed by atoms with Crippen LogP contribution in [0.5, 0.6) is 0 Å². The molecule has 0 saturated carbocycles. The molecule has 2 amide bonds. The van der Waals surface area contributed by atoms with E-state index in [4.69, 9.17) is 4.74 Å². The van der Waals surface area contributed by atoms with Gasteiger partial charge < -0.3 is 20.3 Å². The fourth-order valence-electron chi connectivity index (χ4n) is 5.46. The van der Waals surface area contributed by atoms with Crippen LogP contribution in [0, 0.1) is 0 Å². The van der Waals surface area contributed by atoms with Gasteiger partial charge in [0.1, 0.15) is 0 Å². The first kappa shape index (κ1) is 31.1. The van der Waals surface area contributed by atoms with Gasteiger partial charge in [0.2, 0.25) is 0 Å². The molecule has 0 fully saturated rings. The molecular weight excluding hydrogens is 592 g/mol. The minimum atomic E-state index is -0.587. The summed E-state index contributed by atoms with van der Waals surface area (Å²) in [4.78, 5) is 45.6. The second kappa shape index (κ2) is 13.6. The van der Waals surface area contributed by atoms with E-state index >= 15 is 0 Å². The van der Waals surface area contributed by atoms with E-state index in [1.54, 1.807) is 6.07 Å². The van der Waals surface area contributed by atoms with E-state index in [9.17, 15) is 14.4 Å². The molecule has 4 aromatic carbocycles. The highest BCUT2D eigenvalue weighted by molar-refractivity contribution is 6.13. The third kappa shape index (κ3) is 7.18. The maximum Gasteiger partial charge on any atom is 0.337 e. The van der Waals surface area contributed by atoms with Crippen molar-refractivity contribution in [3.8, 4) is 0 Å². The Labute approximate surface area is 272 Å². The number of nitrogens with one attached hydrogen (secondary N) is 2. The molecule has 0 spiro atoms. The van der Waals surface area contributed by atoms with Gasteiger partial charge in [-0.15, -0.1) is 0 Å². The van der Waals surface area contributed by atoms with Crippen LogP contribution < -0.4 is 10.6 Å². The SMILES string of the molecule is COC(=O)c1ccc(C(=O)Nc2ccc(CCN(C)Cc3ccc4c(cnn4C)c3)cc2)c(NC(=O)c2cnc3ccccc3c2)c1. The maximum atomic E-state index is 13.4. The lowest BCUT2D eigenvalue weighted by Crippen LogP contribution is -2.20. The normalized spacial score (nSPS) is 11.1. The van der Waals surface area contributed by atoms with Crippen molar-refractivity contribution in [3.63, 3.8) is 0 Å². The summed E-state index contributed by atoms with van der Waals surface area (Å²) in [6, 6.07) is 27.7. The van der Waals surface area contributed by atoms with E-state index in [1.807, 2.05) is 66.5 Å². The Morgan fingerprint density at radius 3 is 2.40 bits per heavy atom. The van der Waals surface area contributed by atoms with Gasteiger partial charge in [-0.1, -0.05) is 36.4 Å². The monoisotopic (exact) mass is 626 g/mol. The summed E-state index contributed by atoms with van der Waals surface area (Å²) in [5.41, 5.74) is 5.71. The van der Waals surface area contributed by atoms with Gasteiger partial charge in [0.05, 0.1) is 46.7 Å². The number of para-hydroxylation sites is 1. The average Bonchev–Trinajstić information content (AvgIpc) is 3.46. The number of hydrogen-bond acceptors (Lipinski definition) is 7. The third-order valence-electron chi connectivity index (χ3n) is 8.04. The Morgan fingerprint density at radius 1 is 0.809 bits per heavy atom. The standard InChI is InChI=1S/C37H34N6O4/c1-42(23-25-10-15-34-28(18-25)22-39-43(34)2)17-16-24-8-12-30(13-9-24)40-36(45)31-14-11-27(37(46)47-3)20-33(31)41-35(44)29-19-26-6-4-5-7-32(26)38-21-29/h4-15,18-22H,16-17,23H2,1-3H3,(H,40,45)(H,41,44). The molecule has 0 aliphatic heterocycles. The molecule has 10 nitrogen and oxygen atoms in total. The lowest BCUT2D eigenvalue weighted by molar-refractivity contribution is 0.0600. The van der Waals surface area contributed by atoms with Gasteiger partial charge in [-0.2, -0.15) is 5.10 Å². The predicted molar refractivity (Wildman–Crippen MR) is 183 cm³/mol. The minimum Gasteiger partial charge on any atom is -0.465 e. The number of methoxy groups -OCH3 is 1. The van der Waals surface area contributed by atoms with Crippen molar-refractivity contribution in [2.75, 3.05) is 31.3 Å². The number of ether oxygens (including phenoxy) is 1. The summed E-state index contributed by atoms with van der Waals surface area (Å²) in [6.45, 7) is 1.68. The van der Waals surface area contributed by atoms with Crippen molar-refractivity contribution in [1.29, 1.82) is 0 Å². The first-order valence-electron chi connectivity index (χ1n) is 15.2. The van der Waals surface area contributed by atoms with Gasteiger partial charge in [-0.3, -0.25) is 19.3 Å². The van der Waals surface area contributed by atoms with Crippen LogP contribution >= 0.6 is 0 Å². The first-order valence-corrected chi connectivity index (χ1v) is 15.2. The molecule has 6 aromatic rings. The highest BCUT2D eigenvalue weighted by Gasteiger charge is 2.19. The molecule has 2 N–H and O–H groups in total. The molecule has 236 valence electrons. The van der Waals surface area contributed by atoms with Crippen molar-refractivity contribution in [1.82, 2.24) is 19.7 Å². The zero-order valence-electron chi connectivity index (χ0n) is 26.4. The zero-order chi connectivity index (χ0) is 32.9. The number of benzene rings is 4. The maximum absolute atomic E-state index is 13.4. The van der Waals surface area contributed by atoms with E-state index in [1.165, 1.54) is 37.1 Å². The summed E-state index contributed by atoms with van der Waals surface area (Å²) in [6.07, 6.45) is 4.20. The van der Waals surface area contributed by atoms with Gasteiger partial charge in [0.25, 0.3) is 11.8 Å². The molecule has 0 aliphatic rings. The Morgan fingerprint density at radius 2 is 1.60 bits per heavy atom. The molecule has 10 heteroatoms. The summed E-state index contributed by atoms with van der Waals surface area (Å²) in [5, 5.41) is 11.9. The number of amides is 2. The number of carbonyl (C=O) groups is 3. The number of aromatic nitrogens is 3. The Balaban J connectivity index is 1.11. The summed E-state index contributed by atoms with van der Waals surface area (Å²) >= 11 is 0. The van der Waals surface area contributed by atoms with Crippen LogP contribution in [0.25, 0.3) is 21.8 Å². The fraction of sp³-hybridized carbons (Fsp3) is 0.162. The molecule has 0 atom stereocenters. The van der Waals surface area contributed by atoms with Crippen molar-refractivity contribution in [3.05, 3.63) is 131 Å². The molecule has 6 rings (SSSR count). The zero-order valence-corrected chi connectivity index (χ0v) is 26.4. The van der Waals surface area contributed by atoms with E-state index in [-0.39, 0.29) is 16.8 Å². The Bertz CT molecular complexity index is 2100. The predicted octanol–water partition coefficient (Wildman–Crippen LogP) is 6.09. The van der Waals surface area contributed by atoms with Crippen molar-refractivity contribution < 1.29 is 19.1 Å². The number of hydrogen-bond donors (Lipinski definition) is 2. The van der Waals surface area contributed by atoms with Crippen LogP contribution in [0.2, 0.25) is 0 Å². The number of likely N-dealkylation sites (N-methyl/N-ethyl adjacent to an activating group) is 1. The lowest BCUT2D eigenvalue weighted by atomic mass is 10.1. The fourth-order valence-corrected chi connectivity index (χ4v) is 5.46. The molecular formula is C37H34N6O4.